The maximum absolute atomic E-state index is 12.3. The highest BCUT2D eigenvalue weighted by Gasteiger charge is 2.38. The van der Waals surface area contributed by atoms with E-state index in [0.717, 1.165) is 13.1 Å². The summed E-state index contributed by atoms with van der Waals surface area (Å²) < 4.78 is 41.8. The third kappa shape index (κ3) is 11.1. The first-order chi connectivity index (χ1) is 16.3. The molecule has 35 heavy (non-hydrogen) atoms. The van der Waals surface area contributed by atoms with Crippen molar-refractivity contribution in [1.82, 2.24) is 16.2 Å². The van der Waals surface area contributed by atoms with Gasteiger partial charge in [0, 0.05) is 11.5 Å². The Kier molecular flexibility index (Phi) is 11.2. The molecule has 1 aliphatic heterocycles. The second kappa shape index (κ2) is 13.6. The van der Waals surface area contributed by atoms with Crippen molar-refractivity contribution in [3.63, 3.8) is 0 Å². The van der Waals surface area contributed by atoms with Gasteiger partial charge >= 0.3 is 24.1 Å². The number of rotatable bonds is 8. The topological polar surface area (TPSA) is 201 Å². The minimum Gasteiger partial charge on any atom is -0.479 e. The highest BCUT2D eigenvalue weighted by molar-refractivity contribution is 5.96. The quantitative estimate of drug-likeness (QED) is 0.258. The van der Waals surface area contributed by atoms with Crippen molar-refractivity contribution in [3.05, 3.63) is 23.8 Å². The van der Waals surface area contributed by atoms with Gasteiger partial charge in [0.1, 0.15) is 0 Å². The van der Waals surface area contributed by atoms with E-state index in [1.165, 1.54) is 18.2 Å². The van der Waals surface area contributed by atoms with Gasteiger partial charge < -0.3 is 30.1 Å². The van der Waals surface area contributed by atoms with Crippen molar-refractivity contribution in [2.75, 3.05) is 26.3 Å². The predicted molar refractivity (Wildman–Crippen MR) is 108 cm³/mol. The lowest BCUT2D eigenvalue weighted by Gasteiger charge is -2.21. The summed E-state index contributed by atoms with van der Waals surface area (Å²) >= 11 is 0. The number of alkyl halides is 3. The first-order valence-electron chi connectivity index (χ1n) is 9.75. The standard InChI is InChI=1S/C17H21N3O8.C2HF3O2/c21-14(22)8-27-12-2-1-11(7-13(12)28-9-15(23)24)17(26)20-19-16(25)10-3-5-18-6-4-10;3-2(4,5)1(6)7/h1-2,7,10,18H,3-6,8-9H2,(H,19,25)(H,20,26)(H,21,22)(H,23,24);(H,6,7). The molecule has 16 heteroatoms. The number of hydrogen-bond donors (Lipinski definition) is 6. The van der Waals surface area contributed by atoms with Gasteiger partial charge in [-0.3, -0.25) is 20.4 Å². The van der Waals surface area contributed by atoms with Gasteiger partial charge in [-0.05, 0) is 44.1 Å². The Bertz CT molecular complexity index is 933. The number of hydrazine groups is 1. The Morgan fingerprint density at radius 1 is 0.914 bits per heavy atom. The molecule has 1 heterocycles. The molecule has 0 aliphatic carbocycles. The average Bonchev–Trinajstić information content (AvgIpc) is 2.80. The van der Waals surface area contributed by atoms with E-state index in [1.54, 1.807) is 0 Å². The van der Waals surface area contributed by atoms with Gasteiger partial charge in [0.05, 0.1) is 0 Å². The number of nitrogens with one attached hydrogen (secondary N) is 3. The second-order valence-corrected chi connectivity index (χ2v) is 6.80. The summed E-state index contributed by atoms with van der Waals surface area (Å²) in [6.45, 7) is 0.0878. The lowest BCUT2D eigenvalue weighted by Crippen LogP contribution is -2.46. The Hall–Kier alpha value is -4.08. The first kappa shape index (κ1) is 29.0. The molecule has 1 saturated heterocycles. The fourth-order valence-electron chi connectivity index (χ4n) is 2.54. The molecule has 0 saturated carbocycles. The van der Waals surface area contributed by atoms with E-state index in [-0.39, 0.29) is 28.9 Å². The Morgan fingerprint density at radius 2 is 1.43 bits per heavy atom. The lowest BCUT2D eigenvalue weighted by atomic mass is 9.98. The number of amides is 2. The Labute approximate surface area is 195 Å². The Balaban J connectivity index is 0.000000762. The van der Waals surface area contributed by atoms with E-state index < -0.39 is 43.2 Å². The summed E-state index contributed by atoms with van der Waals surface area (Å²) in [6, 6.07) is 3.81. The molecule has 194 valence electrons. The van der Waals surface area contributed by atoms with Crippen molar-refractivity contribution in [2.24, 2.45) is 5.92 Å². The van der Waals surface area contributed by atoms with Crippen molar-refractivity contribution in [2.45, 2.75) is 19.0 Å². The molecule has 13 nitrogen and oxygen atoms in total. The van der Waals surface area contributed by atoms with E-state index in [4.69, 9.17) is 29.6 Å². The van der Waals surface area contributed by atoms with Gasteiger partial charge in [-0.1, -0.05) is 0 Å². The van der Waals surface area contributed by atoms with Crippen LogP contribution in [-0.2, 0) is 19.2 Å². The van der Waals surface area contributed by atoms with Crippen LogP contribution in [0.25, 0.3) is 0 Å². The number of ether oxygens (including phenoxy) is 2. The highest BCUT2D eigenvalue weighted by atomic mass is 19.4. The minimum absolute atomic E-state index is 0.0288. The molecule has 1 aromatic rings. The van der Waals surface area contributed by atoms with Gasteiger partial charge in [0.25, 0.3) is 5.91 Å². The van der Waals surface area contributed by atoms with E-state index in [9.17, 15) is 32.3 Å². The number of aliphatic carboxylic acids is 3. The summed E-state index contributed by atoms with van der Waals surface area (Å²) in [6.07, 6.45) is -3.74. The van der Waals surface area contributed by atoms with Crippen molar-refractivity contribution in [1.29, 1.82) is 0 Å². The van der Waals surface area contributed by atoms with Crippen LogP contribution in [0.2, 0.25) is 0 Å². The number of hydrogen-bond acceptors (Lipinski definition) is 8. The van der Waals surface area contributed by atoms with Crippen LogP contribution in [0.3, 0.4) is 0 Å². The van der Waals surface area contributed by atoms with Crippen LogP contribution < -0.4 is 25.6 Å². The molecular weight excluding hydrogens is 487 g/mol. The van der Waals surface area contributed by atoms with E-state index >= 15 is 0 Å². The van der Waals surface area contributed by atoms with Gasteiger partial charge in [-0.25, -0.2) is 14.4 Å². The van der Waals surface area contributed by atoms with Gasteiger partial charge in [0.15, 0.2) is 24.7 Å². The zero-order chi connectivity index (χ0) is 26.6. The molecule has 0 unspecified atom stereocenters. The van der Waals surface area contributed by atoms with Crippen LogP contribution in [0.15, 0.2) is 18.2 Å². The normalized spacial score (nSPS) is 13.5. The van der Waals surface area contributed by atoms with E-state index in [1.807, 2.05) is 0 Å². The summed E-state index contributed by atoms with van der Waals surface area (Å²) in [4.78, 5) is 54.6. The SMILES string of the molecule is O=C(O)C(F)(F)F.O=C(O)COc1ccc(C(=O)NNC(=O)C2CCNCC2)cc1OCC(=O)O. The maximum atomic E-state index is 12.3. The zero-order valence-electron chi connectivity index (χ0n) is 17.9. The molecule has 0 atom stereocenters. The maximum Gasteiger partial charge on any atom is 0.490 e. The molecule has 1 aromatic carbocycles. The summed E-state index contributed by atoms with van der Waals surface area (Å²) in [5, 5.41) is 27.7. The number of carbonyl (C=O) groups is 5. The number of carboxylic acid groups (broad SMARTS) is 3. The van der Waals surface area contributed by atoms with Crippen molar-refractivity contribution in [3.8, 4) is 11.5 Å². The van der Waals surface area contributed by atoms with Gasteiger partial charge in [-0.15, -0.1) is 0 Å². The summed E-state index contributed by atoms with van der Waals surface area (Å²) in [7, 11) is 0. The highest BCUT2D eigenvalue weighted by Crippen LogP contribution is 2.28. The fourth-order valence-corrected chi connectivity index (χ4v) is 2.54. The monoisotopic (exact) mass is 509 g/mol. The molecule has 1 aliphatic rings. The molecule has 2 rings (SSSR count). The number of benzene rings is 1. The lowest BCUT2D eigenvalue weighted by molar-refractivity contribution is -0.192. The number of piperidine rings is 1. The summed E-state index contributed by atoms with van der Waals surface area (Å²) in [5.74, 6) is -6.51. The van der Waals surface area contributed by atoms with Crippen LogP contribution in [-0.4, -0.2) is 77.5 Å². The number of carbonyl (C=O) groups excluding carboxylic acids is 2. The fraction of sp³-hybridized carbons (Fsp3) is 0.421. The van der Waals surface area contributed by atoms with Gasteiger partial charge in [-0.2, -0.15) is 13.2 Å². The van der Waals surface area contributed by atoms with Crippen LogP contribution in [0.4, 0.5) is 13.2 Å². The second-order valence-electron chi connectivity index (χ2n) is 6.80. The van der Waals surface area contributed by atoms with Crippen LogP contribution >= 0.6 is 0 Å². The molecule has 0 spiro atoms. The molecule has 6 N–H and O–H groups in total. The number of carboxylic acids is 3. The van der Waals surface area contributed by atoms with Crippen LogP contribution in [0, 0.1) is 5.92 Å². The molecule has 1 fully saturated rings. The third-order valence-corrected chi connectivity index (χ3v) is 4.16. The molecule has 0 aromatic heterocycles. The molecule has 0 bridgehead atoms. The van der Waals surface area contributed by atoms with E-state index in [2.05, 4.69) is 16.2 Å². The van der Waals surface area contributed by atoms with E-state index in [0.29, 0.717) is 12.8 Å². The van der Waals surface area contributed by atoms with Crippen LogP contribution in [0.5, 0.6) is 11.5 Å². The smallest absolute Gasteiger partial charge is 0.479 e. The average molecular weight is 509 g/mol. The van der Waals surface area contributed by atoms with Gasteiger partial charge in [0.2, 0.25) is 5.91 Å². The predicted octanol–water partition coefficient (Wildman–Crippen LogP) is 0.00730. The largest absolute Gasteiger partial charge is 0.490 e. The minimum atomic E-state index is -5.08. The van der Waals surface area contributed by atoms with Crippen LogP contribution in [0.1, 0.15) is 23.2 Å². The summed E-state index contributed by atoms with van der Waals surface area (Å²) in [5.41, 5.74) is 4.72. The zero-order valence-corrected chi connectivity index (χ0v) is 17.9. The first-order valence-corrected chi connectivity index (χ1v) is 9.75. The number of halogens is 3. The molecule has 0 radical (unpaired) electrons. The van der Waals surface area contributed by atoms with Crippen molar-refractivity contribution >= 4 is 29.7 Å². The molecular formula is C19H22F3N3O10. The third-order valence-electron chi connectivity index (χ3n) is 4.16. The van der Waals surface area contributed by atoms with Crippen molar-refractivity contribution < 1.29 is 61.9 Å². The Morgan fingerprint density at radius 3 is 1.91 bits per heavy atom. The molecule has 2 amide bonds.